The summed E-state index contributed by atoms with van der Waals surface area (Å²) in [7, 11) is 0.118. The van der Waals surface area contributed by atoms with Crippen molar-refractivity contribution in [2.75, 3.05) is 6.66 Å². The molecule has 2 aliphatic heterocycles. The Morgan fingerprint density at radius 1 is 1.00 bits per heavy atom. The third kappa shape index (κ3) is 3.83. The summed E-state index contributed by atoms with van der Waals surface area (Å²) < 4.78 is 11.5. The fraction of sp³-hybridized carbons (Fsp3) is 0.364. The summed E-state index contributed by atoms with van der Waals surface area (Å²) in [5.41, 5.74) is 1.99. The number of fused-ring (bicyclic) bond motifs is 2. The molecular formula is C22H24NO3P. The third-order valence-electron chi connectivity index (χ3n) is 5.32. The van der Waals surface area contributed by atoms with E-state index in [2.05, 4.69) is 0 Å². The largest absolute Gasteiger partial charge is 0.447 e. The standard InChI is InChI=1S/C22H24NO3P/c1-27-26-21(24)22(14-18-12-13-19(15-22)25-18)23-20(16-8-4-2-5-9-16)17-10-6-3-7-11-17/h2-11,18-19,27H,12-15H2,1H3. The molecule has 0 amide bonds. The number of hydrogen-bond donors (Lipinski definition) is 0. The van der Waals surface area contributed by atoms with Crippen LogP contribution in [-0.2, 0) is 14.1 Å². The van der Waals surface area contributed by atoms with Crippen molar-refractivity contribution in [3.63, 3.8) is 0 Å². The maximum absolute atomic E-state index is 13.1. The Labute approximate surface area is 161 Å². The zero-order chi connectivity index (χ0) is 18.7. The molecule has 2 fully saturated rings. The summed E-state index contributed by atoms with van der Waals surface area (Å²) in [4.78, 5) is 18.2. The van der Waals surface area contributed by atoms with Crippen LogP contribution in [0.3, 0.4) is 0 Å². The zero-order valence-corrected chi connectivity index (χ0v) is 16.4. The first-order valence-corrected chi connectivity index (χ1v) is 10.9. The van der Waals surface area contributed by atoms with Gasteiger partial charge in [0.15, 0.2) is 5.54 Å². The van der Waals surface area contributed by atoms with Crippen LogP contribution in [0.2, 0.25) is 0 Å². The molecule has 0 aromatic heterocycles. The van der Waals surface area contributed by atoms with Crippen molar-refractivity contribution in [1.29, 1.82) is 0 Å². The first-order valence-electron chi connectivity index (χ1n) is 9.44. The highest BCUT2D eigenvalue weighted by Gasteiger charge is 2.51. The molecule has 2 bridgehead atoms. The predicted octanol–water partition coefficient (Wildman–Crippen LogP) is 4.37. The molecule has 0 aliphatic carbocycles. The van der Waals surface area contributed by atoms with E-state index < -0.39 is 5.54 Å². The van der Waals surface area contributed by atoms with Crippen LogP contribution in [0, 0.1) is 0 Å². The summed E-state index contributed by atoms with van der Waals surface area (Å²) >= 11 is 0. The molecule has 3 unspecified atom stereocenters. The predicted molar refractivity (Wildman–Crippen MR) is 109 cm³/mol. The van der Waals surface area contributed by atoms with E-state index in [1.807, 2.05) is 67.3 Å². The quantitative estimate of drug-likeness (QED) is 0.571. The Morgan fingerprint density at radius 2 is 1.52 bits per heavy atom. The maximum atomic E-state index is 13.1. The molecule has 0 saturated carbocycles. The molecule has 2 heterocycles. The van der Waals surface area contributed by atoms with Crippen LogP contribution in [0.1, 0.15) is 36.8 Å². The van der Waals surface area contributed by atoms with Crippen molar-refractivity contribution in [3.8, 4) is 0 Å². The van der Waals surface area contributed by atoms with E-state index in [-0.39, 0.29) is 27.0 Å². The topological polar surface area (TPSA) is 47.9 Å². The van der Waals surface area contributed by atoms with Gasteiger partial charge in [-0.2, -0.15) is 0 Å². The molecule has 2 saturated heterocycles. The highest BCUT2D eigenvalue weighted by molar-refractivity contribution is 7.31. The van der Waals surface area contributed by atoms with Gasteiger partial charge in [0.05, 0.1) is 26.7 Å². The first-order chi connectivity index (χ1) is 13.2. The van der Waals surface area contributed by atoms with Gasteiger partial charge in [-0.1, -0.05) is 60.7 Å². The SMILES string of the molecule is CPOC(=O)C1(N=C(c2ccccc2)c2ccccc2)CC2CCC(C1)O2. The molecule has 2 aliphatic rings. The highest BCUT2D eigenvalue weighted by Crippen LogP contribution is 2.42. The second-order valence-corrected chi connectivity index (χ2v) is 7.80. The number of benzene rings is 2. The monoisotopic (exact) mass is 381 g/mol. The number of nitrogens with zero attached hydrogens (tertiary/aromatic N) is 1. The number of hydrogen-bond acceptors (Lipinski definition) is 4. The molecule has 0 N–H and O–H groups in total. The van der Waals surface area contributed by atoms with Crippen LogP contribution in [0.15, 0.2) is 65.7 Å². The van der Waals surface area contributed by atoms with Crippen molar-refractivity contribution in [2.45, 2.75) is 43.4 Å². The Morgan fingerprint density at radius 3 is 2.00 bits per heavy atom. The molecule has 2 aromatic carbocycles. The summed E-state index contributed by atoms with van der Waals surface area (Å²) in [5, 5.41) is 0. The Bertz CT molecular complexity index is 768. The third-order valence-corrected chi connectivity index (χ3v) is 5.71. The van der Waals surface area contributed by atoms with Gasteiger partial charge in [-0.05, 0) is 19.5 Å². The van der Waals surface area contributed by atoms with Crippen LogP contribution in [0.25, 0.3) is 0 Å². The van der Waals surface area contributed by atoms with Gasteiger partial charge >= 0.3 is 5.97 Å². The van der Waals surface area contributed by atoms with Gasteiger partial charge in [0.25, 0.3) is 0 Å². The summed E-state index contributed by atoms with van der Waals surface area (Å²) in [6.07, 6.45) is 3.36. The van der Waals surface area contributed by atoms with Crippen molar-refractivity contribution in [1.82, 2.24) is 0 Å². The second kappa shape index (κ2) is 7.92. The van der Waals surface area contributed by atoms with Gasteiger partial charge < -0.3 is 9.26 Å². The summed E-state index contributed by atoms with van der Waals surface area (Å²) in [6, 6.07) is 20.1. The molecule has 3 atom stereocenters. The maximum Gasteiger partial charge on any atom is 0.336 e. The van der Waals surface area contributed by atoms with E-state index in [4.69, 9.17) is 14.3 Å². The van der Waals surface area contributed by atoms with E-state index in [1.165, 1.54) is 0 Å². The number of carbonyl (C=O) groups is 1. The summed E-state index contributed by atoms with van der Waals surface area (Å²) in [6.45, 7) is 1.87. The first kappa shape index (κ1) is 18.3. The lowest BCUT2D eigenvalue weighted by Gasteiger charge is -2.36. The van der Waals surface area contributed by atoms with E-state index in [9.17, 15) is 4.79 Å². The minimum atomic E-state index is -0.867. The summed E-state index contributed by atoms with van der Waals surface area (Å²) in [5.74, 6) is -0.215. The number of ether oxygens (including phenoxy) is 1. The van der Waals surface area contributed by atoms with Crippen molar-refractivity contribution in [2.24, 2.45) is 4.99 Å². The molecule has 4 rings (SSSR count). The van der Waals surface area contributed by atoms with Gasteiger partial charge in [0.2, 0.25) is 0 Å². The highest BCUT2D eigenvalue weighted by atomic mass is 31.1. The van der Waals surface area contributed by atoms with E-state index in [1.54, 1.807) is 0 Å². The van der Waals surface area contributed by atoms with Gasteiger partial charge in [-0.25, -0.2) is 4.79 Å². The smallest absolute Gasteiger partial charge is 0.336 e. The minimum absolute atomic E-state index is 0.0908. The van der Waals surface area contributed by atoms with Crippen LogP contribution >= 0.6 is 8.81 Å². The average molecular weight is 381 g/mol. The van der Waals surface area contributed by atoms with Crippen molar-refractivity contribution >= 4 is 20.5 Å². The lowest BCUT2D eigenvalue weighted by molar-refractivity contribution is -0.146. The lowest BCUT2D eigenvalue weighted by atomic mass is 9.86. The minimum Gasteiger partial charge on any atom is -0.447 e. The van der Waals surface area contributed by atoms with E-state index in [0.717, 1.165) is 29.7 Å². The van der Waals surface area contributed by atoms with Gasteiger partial charge in [0.1, 0.15) is 0 Å². The molecule has 2 aromatic rings. The van der Waals surface area contributed by atoms with Gasteiger partial charge in [-0.15, -0.1) is 0 Å². The fourth-order valence-electron chi connectivity index (χ4n) is 4.11. The van der Waals surface area contributed by atoms with E-state index in [0.29, 0.717) is 12.8 Å². The van der Waals surface area contributed by atoms with E-state index >= 15 is 0 Å². The second-order valence-electron chi connectivity index (χ2n) is 7.18. The number of carbonyl (C=O) groups excluding carboxylic acids is 1. The normalized spacial score (nSPS) is 26.9. The van der Waals surface area contributed by atoms with Crippen LogP contribution in [0.4, 0.5) is 0 Å². The zero-order valence-electron chi connectivity index (χ0n) is 15.4. The van der Waals surface area contributed by atoms with Crippen LogP contribution < -0.4 is 0 Å². The number of aliphatic imine (C=N–C) groups is 1. The Hall–Kier alpha value is -2.03. The molecular weight excluding hydrogens is 357 g/mol. The van der Waals surface area contributed by atoms with Gasteiger partial charge in [-0.3, -0.25) is 4.99 Å². The molecule has 5 heteroatoms. The average Bonchev–Trinajstić information content (AvgIpc) is 3.06. The van der Waals surface area contributed by atoms with Gasteiger partial charge in [0, 0.05) is 24.0 Å². The van der Waals surface area contributed by atoms with Crippen LogP contribution in [0.5, 0.6) is 0 Å². The molecule has 4 nitrogen and oxygen atoms in total. The Kier molecular flexibility index (Phi) is 5.38. The van der Waals surface area contributed by atoms with Crippen molar-refractivity contribution in [3.05, 3.63) is 71.8 Å². The molecule has 27 heavy (non-hydrogen) atoms. The fourth-order valence-corrected chi connectivity index (χ4v) is 4.49. The molecule has 0 radical (unpaired) electrons. The Balaban J connectivity index is 1.83. The lowest BCUT2D eigenvalue weighted by Crippen LogP contribution is -2.47. The molecule has 140 valence electrons. The van der Waals surface area contributed by atoms with Crippen LogP contribution in [-0.4, -0.2) is 36.1 Å². The van der Waals surface area contributed by atoms with Crippen molar-refractivity contribution < 1.29 is 14.1 Å². The number of rotatable bonds is 5. The molecule has 0 spiro atoms.